The number of nitrogens with zero attached hydrogens (tertiary/aromatic N) is 3. The number of hydrogen-bond donors (Lipinski definition) is 1. The van der Waals surface area contributed by atoms with Crippen LogP contribution in [-0.2, 0) is 38.1 Å². The van der Waals surface area contributed by atoms with Crippen molar-refractivity contribution in [3.8, 4) is 0 Å². The number of aromatic nitrogens is 2. The Labute approximate surface area is 213 Å². The highest BCUT2D eigenvalue weighted by atomic mass is 32.2. The Bertz CT molecular complexity index is 1330. The van der Waals surface area contributed by atoms with Gasteiger partial charge in [-0.25, -0.2) is 18.1 Å². The van der Waals surface area contributed by atoms with Crippen LogP contribution in [0.15, 0.2) is 47.4 Å². The van der Waals surface area contributed by atoms with Crippen molar-refractivity contribution < 1.29 is 17.9 Å². The van der Waals surface area contributed by atoms with Gasteiger partial charge >= 0.3 is 0 Å². The summed E-state index contributed by atoms with van der Waals surface area (Å²) in [7, 11) is -2.06. The second-order valence-corrected chi connectivity index (χ2v) is 12.3. The highest BCUT2D eigenvalue weighted by Crippen LogP contribution is 2.30. The van der Waals surface area contributed by atoms with Crippen LogP contribution in [0.2, 0.25) is 0 Å². The van der Waals surface area contributed by atoms with E-state index in [1.165, 1.54) is 24.0 Å². The van der Waals surface area contributed by atoms with E-state index in [9.17, 15) is 13.2 Å². The van der Waals surface area contributed by atoms with Crippen molar-refractivity contribution in [1.29, 1.82) is 0 Å². The molecule has 3 aromatic rings. The molecule has 0 aliphatic carbocycles. The molecule has 2 aromatic carbocycles. The zero-order chi connectivity index (χ0) is 26.1. The van der Waals surface area contributed by atoms with Crippen molar-refractivity contribution >= 4 is 32.7 Å². The minimum absolute atomic E-state index is 0.117. The summed E-state index contributed by atoms with van der Waals surface area (Å²) in [6.45, 7) is 10.7. The van der Waals surface area contributed by atoms with Gasteiger partial charge < -0.3 is 14.2 Å². The first-order valence-electron chi connectivity index (χ1n) is 12.4. The number of ether oxygens (including phenoxy) is 1. The monoisotopic (exact) mass is 512 g/mol. The van der Waals surface area contributed by atoms with Gasteiger partial charge in [0.05, 0.1) is 15.9 Å². The van der Waals surface area contributed by atoms with Gasteiger partial charge in [0.2, 0.25) is 15.9 Å². The molecule has 1 N–H and O–H groups in total. The zero-order valence-corrected chi connectivity index (χ0v) is 22.6. The molecule has 2 heterocycles. The minimum atomic E-state index is -3.71. The third-order valence-electron chi connectivity index (χ3n) is 6.74. The number of fused-ring (bicyclic) bond motifs is 1. The maximum atomic E-state index is 12.9. The van der Waals surface area contributed by atoms with Crippen LogP contribution in [0.3, 0.4) is 0 Å². The molecule has 1 amide bonds. The molecule has 36 heavy (non-hydrogen) atoms. The van der Waals surface area contributed by atoms with Gasteiger partial charge in [-0.1, -0.05) is 26.8 Å². The van der Waals surface area contributed by atoms with Crippen molar-refractivity contribution in [2.75, 3.05) is 25.2 Å². The van der Waals surface area contributed by atoms with Crippen LogP contribution in [0.5, 0.6) is 0 Å². The first-order chi connectivity index (χ1) is 17.0. The molecule has 1 aliphatic rings. The van der Waals surface area contributed by atoms with Gasteiger partial charge in [0.15, 0.2) is 0 Å². The molecule has 1 fully saturated rings. The molecule has 194 valence electrons. The SMILES string of the molecule is CC(=O)N(C)c1ccc(S(=O)(=O)NCc2ccc3c(c2)nc(C(C)(C)C)n3CC2CCOCC2)cc1. The second-order valence-electron chi connectivity index (χ2n) is 10.6. The maximum absolute atomic E-state index is 12.9. The Balaban J connectivity index is 1.53. The first-order valence-corrected chi connectivity index (χ1v) is 13.9. The van der Waals surface area contributed by atoms with Gasteiger partial charge in [0.25, 0.3) is 0 Å². The zero-order valence-electron chi connectivity index (χ0n) is 21.7. The predicted octanol–water partition coefficient (Wildman–Crippen LogP) is 4.22. The number of carbonyl (C=O) groups is 1. The summed E-state index contributed by atoms with van der Waals surface area (Å²) < 4.78 is 36.3. The van der Waals surface area contributed by atoms with E-state index in [2.05, 4.69) is 30.1 Å². The van der Waals surface area contributed by atoms with Gasteiger partial charge in [-0.3, -0.25) is 4.79 Å². The Hall–Kier alpha value is -2.75. The van der Waals surface area contributed by atoms with Gasteiger partial charge in [-0.05, 0) is 60.7 Å². The minimum Gasteiger partial charge on any atom is -0.381 e. The largest absolute Gasteiger partial charge is 0.381 e. The molecule has 0 spiro atoms. The van der Waals surface area contributed by atoms with Crippen LogP contribution >= 0.6 is 0 Å². The Morgan fingerprint density at radius 1 is 1.14 bits per heavy atom. The molecule has 8 nitrogen and oxygen atoms in total. The highest BCUT2D eigenvalue weighted by molar-refractivity contribution is 7.89. The Morgan fingerprint density at radius 2 is 1.81 bits per heavy atom. The summed E-state index contributed by atoms with van der Waals surface area (Å²) >= 11 is 0. The van der Waals surface area contributed by atoms with Crippen molar-refractivity contribution in [2.45, 2.75) is 63.9 Å². The van der Waals surface area contributed by atoms with Crippen LogP contribution in [0, 0.1) is 5.92 Å². The van der Waals surface area contributed by atoms with E-state index in [1.807, 2.05) is 18.2 Å². The molecule has 1 aliphatic heterocycles. The molecule has 1 saturated heterocycles. The van der Waals surface area contributed by atoms with Crippen LogP contribution < -0.4 is 9.62 Å². The van der Waals surface area contributed by atoms with Crippen molar-refractivity contribution in [3.63, 3.8) is 0 Å². The Kier molecular flexibility index (Phi) is 7.54. The van der Waals surface area contributed by atoms with Gasteiger partial charge in [0.1, 0.15) is 5.82 Å². The number of benzene rings is 2. The lowest BCUT2D eigenvalue weighted by Gasteiger charge is -2.26. The third kappa shape index (κ3) is 5.79. The number of amides is 1. The summed E-state index contributed by atoms with van der Waals surface area (Å²) in [6, 6.07) is 12.2. The summed E-state index contributed by atoms with van der Waals surface area (Å²) in [6.07, 6.45) is 2.10. The number of imidazole rings is 1. The lowest BCUT2D eigenvalue weighted by molar-refractivity contribution is -0.116. The second kappa shape index (κ2) is 10.3. The topological polar surface area (TPSA) is 93.5 Å². The molecule has 0 unspecified atom stereocenters. The first kappa shape index (κ1) is 26.3. The summed E-state index contributed by atoms with van der Waals surface area (Å²) in [5, 5.41) is 0. The van der Waals surface area contributed by atoms with Gasteiger partial charge in [-0.2, -0.15) is 0 Å². The molecule has 1 aromatic heterocycles. The fourth-order valence-electron chi connectivity index (χ4n) is 4.52. The molecular weight excluding hydrogens is 476 g/mol. The van der Waals surface area contributed by atoms with Crippen LogP contribution in [0.25, 0.3) is 11.0 Å². The van der Waals surface area contributed by atoms with E-state index < -0.39 is 10.0 Å². The quantitative estimate of drug-likeness (QED) is 0.512. The number of sulfonamides is 1. The van der Waals surface area contributed by atoms with Gasteiger partial charge in [-0.15, -0.1) is 0 Å². The molecular formula is C27H36N4O4S. The fourth-order valence-corrected chi connectivity index (χ4v) is 5.54. The number of hydrogen-bond acceptors (Lipinski definition) is 5. The number of rotatable bonds is 7. The molecule has 0 bridgehead atoms. The summed E-state index contributed by atoms with van der Waals surface area (Å²) in [5.74, 6) is 1.48. The maximum Gasteiger partial charge on any atom is 0.240 e. The standard InChI is InChI=1S/C27H36N4O4S/c1-19(32)30(5)22-7-9-23(10-8-22)36(33,34)28-17-21-6-11-25-24(16-21)29-26(27(2,3)4)31(25)18-20-12-14-35-15-13-20/h6-11,16,20,28H,12-15,17-18H2,1-5H3. The molecule has 4 rings (SSSR count). The van der Waals surface area contributed by atoms with Crippen LogP contribution in [0.4, 0.5) is 5.69 Å². The predicted molar refractivity (Wildman–Crippen MR) is 142 cm³/mol. The normalized spacial score (nSPS) is 15.4. The lowest BCUT2D eigenvalue weighted by Crippen LogP contribution is -2.25. The van der Waals surface area contributed by atoms with Crippen LogP contribution in [0.1, 0.15) is 51.9 Å². The number of nitrogens with one attached hydrogen (secondary N) is 1. The van der Waals surface area contributed by atoms with E-state index in [1.54, 1.807) is 19.2 Å². The van der Waals surface area contributed by atoms with E-state index in [4.69, 9.17) is 9.72 Å². The smallest absolute Gasteiger partial charge is 0.240 e. The average molecular weight is 513 g/mol. The van der Waals surface area contributed by atoms with Crippen molar-refractivity contribution in [3.05, 3.63) is 53.9 Å². The summed E-state index contributed by atoms with van der Waals surface area (Å²) in [5.41, 5.74) is 3.31. The number of carbonyl (C=O) groups excluding carboxylic acids is 1. The molecule has 0 saturated carbocycles. The third-order valence-corrected chi connectivity index (χ3v) is 8.16. The van der Waals surface area contributed by atoms with Gasteiger partial charge in [0, 0.05) is 51.4 Å². The molecule has 0 atom stereocenters. The summed E-state index contributed by atoms with van der Waals surface area (Å²) in [4.78, 5) is 18.1. The van der Waals surface area contributed by atoms with E-state index in [0.29, 0.717) is 11.6 Å². The molecule has 9 heteroatoms. The van der Waals surface area contributed by atoms with Crippen molar-refractivity contribution in [2.24, 2.45) is 5.92 Å². The van der Waals surface area contributed by atoms with Crippen LogP contribution in [-0.4, -0.2) is 44.1 Å². The lowest BCUT2D eigenvalue weighted by atomic mass is 9.94. The molecule has 0 radical (unpaired) electrons. The van der Waals surface area contributed by atoms with E-state index in [0.717, 1.165) is 55.0 Å². The highest BCUT2D eigenvalue weighted by Gasteiger charge is 2.25. The Morgan fingerprint density at radius 3 is 2.42 bits per heavy atom. The number of anilines is 1. The van der Waals surface area contributed by atoms with Crippen molar-refractivity contribution in [1.82, 2.24) is 14.3 Å². The fraction of sp³-hybridized carbons (Fsp3) is 0.481. The van der Waals surface area contributed by atoms with E-state index >= 15 is 0 Å². The van der Waals surface area contributed by atoms with E-state index in [-0.39, 0.29) is 22.8 Å². The average Bonchev–Trinajstić information content (AvgIpc) is 3.21.